The average molecular weight is 485 g/mol. The van der Waals surface area contributed by atoms with Crippen molar-refractivity contribution in [3.8, 4) is 0 Å². The van der Waals surface area contributed by atoms with Crippen LogP contribution in [0.2, 0.25) is 0 Å². The van der Waals surface area contributed by atoms with Crippen molar-refractivity contribution in [2.75, 3.05) is 0 Å². The summed E-state index contributed by atoms with van der Waals surface area (Å²) in [5.41, 5.74) is 0.690. The molecule has 1 fully saturated rings. The topological polar surface area (TPSA) is 49.7 Å². The molecule has 4 rings (SSSR count). The second-order valence-corrected chi connectivity index (χ2v) is 10.8. The fourth-order valence-electron chi connectivity index (χ4n) is 5.46. The molecule has 0 unspecified atom stereocenters. The lowest BCUT2D eigenvalue weighted by atomic mass is 9.69. The van der Waals surface area contributed by atoms with Crippen LogP contribution in [0.3, 0.4) is 0 Å². The molecule has 2 aliphatic rings. The van der Waals surface area contributed by atoms with Crippen molar-refractivity contribution < 1.29 is 22.8 Å². The number of hydrogen-bond acceptors (Lipinski definition) is 3. The molecule has 2 aromatic rings. The van der Waals surface area contributed by atoms with Crippen molar-refractivity contribution in [2.45, 2.75) is 71.3 Å². The van der Waals surface area contributed by atoms with Crippen molar-refractivity contribution >= 4 is 17.9 Å². The number of halogens is 3. The van der Waals surface area contributed by atoms with Gasteiger partial charge in [-0.1, -0.05) is 57.2 Å². The van der Waals surface area contributed by atoms with E-state index in [1.165, 1.54) is 12.1 Å². The van der Waals surface area contributed by atoms with Gasteiger partial charge in [0, 0.05) is 11.1 Å². The Hall–Kier alpha value is -2.96. The summed E-state index contributed by atoms with van der Waals surface area (Å²) in [5.74, 6) is 0.225. The molecule has 4 nitrogen and oxygen atoms in total. The average Bonchev–Trinajstić information content (AvgIpc) is 3.09. The van der Waals surface area contributed by atoms with Crippen molar-refractivity contribution in [1.82, 2.24) is 4.90 Å². The first kappa shape index (κ1) is 25.1. The van der Waals surface area contributed by atoms with E-state index in [2.05, 4.69) is 20.8 Å². The standard InChI is InChI=1S/C28H31F3N2O2/c1-18(20-7-5-19(17-34)6-8-20)33-25(35)24(21-9-11-23(12-10-21)28(29,30)31)32-27(33)15-13-22(14-16-27)26(2,3)4/h5-12,17-18,22H,13-16H2,1-4H3/t18-,22?,27?/m1/s1. The van der Waals surface area contributed by atoms with E-state index in [1.807, 2.05) is 24.0 Å². The molecule has 0 radical (unpaired) electrons. The zero-order valence-electron chi connectivity index (χ0n) is 20.5. The maximum absolute atomic E-state index is 13.8. The van der Waals surface area contributed by atoms with Gasteiger partial charge < -0.3 is 4.90 Å². The Labute approximate surface area is 204 Å². The predicted molar refractivity (Wildman–Crippen MR) is 129 cm³/mol. The Balaban J connectivity index is 1.72. The maximum atomic E-state index is 13.8. The zero-order chi connectivity index (χ0) is 25.6. The number of hydrogen-bond donors (Lipinski definition) is 0. The van der Waals surface area contributed by atoms with Gasteiger partial charge in [0.15, 0.2) is 0 Å². The number of nitrogens with zero attached hydrogens (tertiary/aromatic N) is 2. The maximum Gasteiger partial charge on any atom is 0.416 e. The van der Waals surface area contributed by atoms with Gasteiger partial charge in [0.05, 0.1) is 11.6 Å². The van der Waals surface area contributed by atoms with E-state index >= 15 is 0 Å². The Bertz CT molecular complexity index is 1120. The Kier molecular flexibility index (Phi) is 6.41. The summed E-state index contributed by atoms with van der Waals surface area (Å²) in [5, 5.41) is 0. The number of carbonyl (C=O) groups is 2. The van der Waals surface area contributed by atoms with E-state index in [9.17, 15) is 22.8 Å². The van der Waals surface area contributed by atoms with Gasteiger partial charge in [-0.15, -0.1) is 0 Å². The third-order valence-corrected chi connectivity index (χ3v) is 7.63. The molecule has 186 valence electrons. The highest BCUT2D eigenvalue weighted by atomic mass is 19.4. The van der Waals surface area contributed by atoms with Gasteiger partial charge in [-0.25, -0.2) is 0 Å². The summed E-state index contributed by atoms with van der Waals surface area (Å²) in [7, 11) is 0. The van der Waals surface area contributed by atoms with Crippen LogP contribution in [-0.2, 0) is 11.0 Å². The minimum absolute atomic E-state index is 0.144. The molecule has 1 atom stereocenters. The molecule has 7 heteroatoms. The van der Waals surface area contributed by atoms with Gasteiger partial charge in [-0.2, -0.15) is 13.2 Å². The lowest BCUT2D eigenvalue weighted by Gasteiger charge is -2.46. The molecular formula is C28H31F3N2O2. The minimum atomic E-state index is -4.44. The summed E-state index contributed by atoms with van der Waals surface area (Å²) in [6.45, 7) is 8.61. The normalized spacial score (nSPS) is 24.0. The zero-order valence-corrected chi connectivity index (χ0v) is 20.5. The first-order valence-corrected chi connectivity index (χ1v) is 12.0. The number of amides is 1. The van der Waals surface area contributed by atoms with Crippen LogP contribution in [-0.4, -0.2) is 28.5 Å². The van der Waals surface area contributed by atoms with Crippen LogP contribution in [0.1, 0.15) is 86.5 Å². The van der Waals surface area contributed by atoms with Gasteiger partial charge in [0.25, 0.3) is 5.91 Å². The van der Waals surface area contributed by atoms with Crippen LogP contribution >= 0.6 is 0 Å². The number of aldehydes is 1. The smallest absolute Gasteiger partial charge is 0.306 e. The summed E-state index contributed by atoms with van der Waals surface area (Å²) in [4.78, 5) is 31.6. The molecule has 1 saturated carbocycles. The molecule has 1 aliphatic carbocycles. The van der Waals surface area contributed by atoms with E-state index in [1.54, 1.807) is 12.1 Å². The van der Waals surface area contributed by atoms with Crippen LogP contribution in [0.4, 0.5) is 13.2 Å². The third-order valence-electron chi connectivity index (χ3n) is 7.63. The van der Waals surface area contributed by atoms with Crippen molar-refractivity contribution in [2.24, 2.45) is 16.3 Å². The molecule has 0 aromatic heterocycles. The molecule has 0 N–H and O–H groups in total. The van der Waals surface area contributed by atoms with Gasteiger partial charge in [-0.3, -0.25) is 14.6 Å². The van der Waals surface area contributed by atoms with Crippen molar-refractivity contribution in [3.63, 3.8) is 0 Å². The molecule has 2 aromatic carbocycles. The summed E-state index contributed by atoms with van der Waals surface area (Å²) in [6.07, 6.45) is -0.456. The van der Waals surface area contributed by atoms with Gasteiger partial charge >= 0.3 is 6.18 Å². The molecule has 1 aliphatic heterocycles. The Morgan fingerprint density at radius 2 is 1.57 bits per heavy atom. The second-order valence-electron chi connectivity index (χ2n) is 10.8. The highest BCUT2D eigenvalue weighted by molar-refractivity contribution is 6.46. The monoisotopic (exact) mass is 484 g/mol. The van der Waals surface area contributed by atoms with E-state index in [4.69, 9.17) is 4.99 Å². The number of rotatable bonds is 4. The quantitative estimate of drug-likeness (QED) is 0.446. The van der Waals surface area contributed by atoms with E-state index in [-0.39, 0.29) is 23.1 Å². The second kappa shape index (κ2) is 8.92. The first-order valence-electron chi connectivity index (χ1n) is 12.0. The van der Waals surface area contributed by atoms with Crippen LogP contribution in [0.25, 0.3) is 0 Å². The highest BCUT2D eigenvalue weighted by Crippen LogP contribution is 2.49. The lowest BCUT2D eigenvalue weighted by Crippen LogP contribution is -2.50. The Morgan fingerprint density at radius 3 is 2.06 bits per heavy atom. The van der Waals surface area contributed by atoms with E-state index < -0.39 is 17.4 Å². The first-order chi connectivity index (χ1) is 16.4. The number of aliphatic imine (C=N–C) groups is 1. The SMILES string of the molecule is C[C@H](c1ccc(C=O)cc1)N1C(=O)C(c2ccc(C(F)(F)F)cc2)=NC12CCC(C(C)(C)C)CC2. The van der Waals surface area contributed by atoms with Crippen molar-refractivity contribution in [1.29, 1.82) is 0 Å². The van der Waals surface area contributed by atoms with Crippen molar-refractivity contribution in [3.05, 3.63) is 70.8 Å². The molecule has 0 bridgehead atoms. The summed E-state index contributed by atoms with van der Waals surface area (Å²) >= 11 is 0. The van der Waals surface area contributed by atoms with Crippen LogP contribution in [0, 0.1) is 11.3 Å². The Morgan fingerprint density at radius 1 is 1.00 bits per heavy atom. The van der Waals surface area contributed by atoms with E-state index in [0.29, 0.717) is 29.9 Å². The number of carbonyl (C=O) groups excluding carboxylic acids is 2. The molecule has 35 heavy (non-hydrogen) atoms. The summed E-state index contributed by atoms with van der Waals surface area (Å²) in [6, 6.07) is 11.5. The predicted octanol–water partition coefficient (Wildman–Crippen LogP) is 6.84. The minimum Gasteiger partial charge on any atom is -0.306 e. The van der Waals surface area contributed by atoms with Gasteiger partial charge in [-0.05, 0) is 61.6 Å². The number of benzene rings is 2. The largest absolute Gasteiger partial charge is 0.416 e. The van der Waals surface area contributed by atoms with Crippen LogP contribution in [0.5, 0.6) is 0 Å². The van der Waals surface area contributed by atoms with Gasteiger partial charge in [0.1, 0.15) is 17.7 Å². The summed E-state index contributed by atoms with van der Waals surface area (Å²) < 4.78 is 39.2. The fourth-order valence-corrected chi connectivity index (χ4v) is 5.46. The molecule has 1 spiro atoms. The van der Waals surface area contributed by atoms with Crippen LogP contribution < -0.4 is 0 Å². The fraction of sp³-hybridized carbons (Fsp3) is 0.464. The molecule has 1 amide bonds. The molecule has 1 heterocycles. The molecule has 0 saturated heterocycles. The third kappa shape index (κ3) is 4.78. The number of alkyl halides is 3. The van der Waals surface area contributed by atoms with E-state index in [0.717, 1.165) is 36.8 Å². The van der Waals surface area contributed by atoms with Crippen LogP contribution in [0.15, 0.2) is 53.5 Å². The highest BCUT2D eigenvalue weighted by Gasteiger charge is 2.52. The van der Waals surface area contributed by atoms with Gasteiger partial charge in [0.2, 0.25) is 0 Å². The lowest BCUT2D eigenvalue weighted by molar-refractivity contribution is -0.137. The molecular weight excluding hydrogens is 453 g/mol.